The lowest BCUT2D eigenvalue weighted by molar-refractivity contribution is -0.00645. The Morgan fingerprint density at radius 2 is 2.29 bits per heavy atom. The van der Waals surface area contributed by atoms with E-state index in [9.17, 15) is 5.11 Å². The normalized spacial score (nSPS) is 29.2. The third-order valence-electron chi connectivity index (χ3n) is 3.84. The second kappa shape index (κ2) is 5.46. The SMILES string of the molecule is NCC1(Cc2ccc(Br)cn2)CCCCC1O. The van der Waals surface area contributed by atoms with Gasteiger partial charge in [0.2, 0.25) is 0 Å². The molecule has 1 aliphatic rings. The maximum absolute atomic E-state index is 10.2. The van der Waals surface area contributed by atoms with Gasteiger partial charge in [0.25, 0.3) is 0 Å². The van der Waals surface area contributed by atoms with Gasteiger partial charge in [-0.25, -0.2) is 0 Å². The van der Waals surface area contributed by atoms with Crippen LogP contribution in [0.1, 0.15) is 31.4 Å². The molecule has 1 saturated carbocycles. The Labute approximate surface area is 111 Å². The number of aliphatic hydroxyl groups excluding tert-OH is 1. The summed E-state index contributed by atoms with van der Waals surface area (Å²) in [6.45, 7) is 0.534. The fraction of sp³-hybridized carbons (Fsp3) is 0.615. The smallest absolute Gasteiger partial charge is 0.0612 e. The van der Waals surface area contributed by atoms with Gasteiger partial charge in [0.05, 0.1) is 6.10 Å². The van der Waals surface area contributed by atoms with Crippen LogP contribution in [-0.2, 0) is 6.42 Å². The van der Waals surface area contributed by atoms with Gasteiger partial charge >= 0.3 is 0 Å². The van der Waals surface area contributed by atoms with Gasteiger partial charge in [-0.2, -0.15) is 0 Å². The maximum atomic E-state index is 10.2. The number of rotatable bonds is 3. The number of aromatic nitrogens is 1. The lowest BCUT2D eigenvalue weighted by atomic mass is 9.69. The molecule has 1 aromatic heterocycles. The number of nitrogens with two attached hydrogens (primary N) is 1. The van der Waals surface area contributed by atoms with Gasteiger partial charge in [0.15, 0.2) is 0 Å². The summed E-state index contributed by atoms with van der Waals surface area (Å²) >= 11 is 3.38. The third-order valence-corrected chi connectivity index (χ3v) is 4.31. The van der Waals surface area contributed by atoms with E-state index in [1.807, 2.05) is 12.1 Å². The summed E-state index contributed by atoms with van der Waals surface area (Å²) in [7, 11) is 0. The first-order valence-corrected chi connectivity index (χ1v) is 6.94. The van der Waals surface area contributed by atoms with E-state index in [1.165, 1.54) is 0 Å². The molecule has 1 aliphatic carbocycles. The predicted octanol–water partition coefficient (Wildman–Crippen LogP) is 2.27. The standard InChI is InChI=1S/C13H19BrN2O/c14-10-4-5-11(16-8-10)7-13(9-15)6-2-1-3-12(13)17/h4-5,8,12,17H,1-3,6-7,9,15H2. The number of hydrogen-bond acceptors (Lipinski definition) is 3. The van der Waals surface area contributed by atoms with Crippen LogP contribution in [0.15, 0.2) is 22.8 Å². The summed E-state index contributed by atoms with van der Waals surface area (Å²) in [5.41, 5.74) is 6.76. The van der Waals surface area contributed by atoms with E-state index in [2.05, 4.69) is 20.9 Å². The Morgan fingerprint density at radius 3 is 2.88 bits per heavy atom. The van der Waals surface area contributed by atoms with Crippen molar-refractivity contribution in [3.63, 3.8) is 0 Å². The van der Waals surface area contributed by atoms with Gasteiger partial charge in [-0.15, -0.1) is 0 Å². The molecule has 0 amide bonds. The van der Waals surface area contributed by atoms with Crippen molar-refractivity contribution in [2.24, 2.45) is 11.1 Å². The largest absolute Gasteiger partial charge is 0.392 e. The van der Waals surface area contributed by atoms with Crippen LogP contribution in [0.25, 0.3) is 0 Å². The van der Waals surface area contributed by atoms with Crippen molar-refractivity contribution in [3.05, 3.63) is 28.5 Å². The summed E-state index contributed by atoms with van der Waals surface area (Å²) in [5, 5.41) is 10.2. The fourth-order valence-electron chi connectivity index (χ4n) is 2.68. The van der Waals surface area contributed by atoms with E-state index in [0.29, 0.717) is 6.54 Å². The molecule has 1 aromatic rings. The van der Waals surface area contributed by atoms with E-state index >= 15 is 0 Å². The van der Waals surface area contributed by atoms with Gasteiger partial charge in [-0.3, -0.25) is 4.98 Å². The van der Waals surface area contributed by atoms with Crippen LogP contribution < -0.4 is 5.73 Å². The zero-order valence-corrected chi connectivity index (χ0v) is 11.5. The molecule has 0 radical (unpaired) electrons. The molecule has 2 rings (SSSR count). The van der Waals surface area contributed by atoms with E-state index in [0.717, 1.165) is 42.3 Å². The van der Waals surface area contributed by atoms with Crippen molar-refractivity contribution < 1.29 is 5.11 Å². The van der Waals surface area contributed by atoms with Crippen LogP contribution in [0.5, 0.6) is 0 Å². The number of nitrogens with zero attached hydrogens (tertiary/aromatic N) is 1. The highest BCUT2D eigenvalue weighted by molar-refractivity contribution is 9.10. The van der Waals surface area contributed by atoms with Crippen LogP contribution >= 0.6 is 15.9 Å². The Hall–Kier alpha value is -0.450. The van der Waals surface area contributed by atoms with E-state index in [1.54, 1.807) is 6.20 Å². The molecule has 3 N–H and O–H groups in total. The minimum Gasteiger partial charge on any atom is -0.392 e. The fourth-order valence-corrected chi connectivity index (χ4v) is 2.91. The van der Waals surface area contributed by atoms with Gasteiger partial charge < -0.3 is 10.8 Å². The zero-order chi connectivity index (χ0) is 12.3. The van der Waals surface area contributed by atoms with Crippen molar-refractivity contribution in [2.75, 3.05) is 6.54 Å². The van der Waals surface area contributed by atoms with Gasteiger partial charge in [-0.1, -0.05) is 12.8 Å². The lowest BCUT2D eigenvalue weighted by Gasteiger charge is -2.40. The second-order valence-electron chi connectivity index (χ2n) is 4.97. The molecular formula is C13H19BrN2O. The van der Waals surface area contributed by atoms with Crippen molar-refractivity contribution in [3.8, 4) is 0 Å². The molecular weight excluding hydrogens is 280 g/mol. The summed E-state index contributed by atoms with van der Waals surface area (Å²) < 4.78 is 0.979. The molecule has 17 heavy (non-hydrogen) atoms. The lowest BCUT2D eigenvalue weighted by Crippen LogP contribution is -2.45. The second-order valence-corrected chi connectivity index (χ2v) is 5.89. The maximum Gasteiger partial charge on any atom is 0.0612 e. The summed E-state index contributed by atoms with van der Waals surface area (Å²) in [6, 6.07) is 3.99. The van der Waals surface area contributed by atoms with Crippen molar-refractivity contribution in [1.82, 2.24) is 4.98 Å². The molecule has 0 aromatic carbocycles. The average molecular weight is 299 g/mol. The minimum atomic E-state index is -0.285. The summed E-state index contributed by atoms with van der Waals surface area (Å²) in [5.74, 6) is 0. The van der Waals surface area contributed by atoms with Gasteiger partial charge in [0, 0.05) is 28.3 Å². The van der Waals surface area contributed by atoms with Crippen LogP contribution in [-0.4, -0.2) is 22.7 Å². The molecule has 0 aliphatic heterocycles. The molecule has 3 nitrogen and oxygen atoms in total. The Balaban J connectivity index is 2.15. The topological polar surface area (TPSA) is 59.1 Å². The van der Waals surface area contributed by atoms with Crippen LogP contribution in [0, 0.1) is 5.41 Å². The molecule has 94 valence electrons. The van der Waals surface area contributed by atoms with Gasteiger partial charge in [0.1, 0.15) is 0 Å². The molecule has 2 atom stereocenters. The molecule has 4 heteroatoms. The van der Waals surface area contributed by atoms with E-state index in [4.69, 9.17) is 5.73 Å². The number of hydrogen-bond donors (Lipinski definition) is 2. The molecule has 0 spiro atoms. The van der Waals surface area contributed by atoms with Gasteiger partial charge in [-0.05, 0) is 47.3 Å². The summed E-state index contributed by atoms with van der Waals surface area (Å²) in [6.07, 6.45) is 6.43. The highest BCUT2D eigenvalue weighted by Gasteiger charge is 2.38. The first-order chi connectivity index (χ1) is 8.16. The molecule has 1 heterocycles. The van der Waals surface area contributed by atoms with Crippen molar-refractivity contribution in [1.29, 1.82) is 0 Å². The minimum absolute atomic E-state index is 0.168. The highest BCUT2D eigenvalue weighted by atomic mass is 79.9. The van der Waals surface area contributed by atoms with E-state index in [-0.39, 0.29) is 11.5 Å². The third kappa shape index (κ3) is 2.87. The number of aliphatic hydroxyl groups is 1. The molecule has 1 fully saturated rings. The molecule has 0 saturated heterocycles. The Morgan fingerprint density at radius 1 is 1.47 bits per heavy atom. The molecule has 0 bridgehead atoms. The Kier molecular flexibility index (Phi) is 4.17. The first kappa shape index (κ1) is 13.0. The van der Waals surface area contributed by atoms with E-state index < -0.39 is 0 Å². The zero-order valence-electron chi connectivity index (χ0n) is 9.90. The van der Waals surface area contributed by atoms with Crippen molar-refractivity contribution in [2.45, 2.75) is 38.2 Å². The monoisotopic (exact) mass is 298 g/mol. The first-order valence-electron chi connectivity index (χ1n) is 6.15. The summed E-state index contributed by atoms with van der Waals surface area (Å²) in [4.78, 5) is 4.39. The van der Waals surface area contributed by atoms with Crippen LogP contribution in [0.4, 0.5) is 0 Å². The van der Waals surface area contributed by atoms with Crippen molar-refractivity contribution >= 4 is 15.9 Å². The van der Waals surface area contributed by atoms with Crippen LogP contribution in [0.3, 0.4) is 0 Å². The average Bonchev–Trinajstić information content (AvgIpc) is 2.35. The highest BCUT2D eigenvalue weighted by Crippen LogP contribution is 2.38. The van der Waals surface area contributed by atoms with Crippen LogP contribution in [0.2, 0.25) is 0 Å². The predicted molar refractivity (Wildman–Crippen MR) is 71.6 cm³/mol. The quantitative estimate of drug-likeness (QED) is 0.900. The number of pyridine rings is 1. The Bertz CT molecular complexity index is 368. The molecule has 2 unspecified atom stereocenters. The number of halogens is 1.